The Bertz CT molecular complexity index is 1100. The fraction of sp³-hybridized carbons (Fsp3) is 0.480. The predicted octanol–water partition coefficient (Wildman–Crippen LogP) is 4.75. The molecular formula is C25H32N4O2. The lowest BCUT2D eigenvalue weighted by atomic mass is 9.90. The number of aromatic nitrogens is 3. The highest BCUT2D eigenvalue weighted by Crippen LogP contribution is 2.35. The molecule has 1 fully saturated rings. The van der Waals surface area contributed by atoms with E-state index < -0.39 is 0 Å². The Morgan fingerprint density at radius 1 is 1.26 bits per heavy atom. The third-order valence-corrected chi connectivity index (χ3v) is 6.33. The molecule has 1 aromatic carbocycles. The zero-order chi connectivity index (χ0) is 22.3. The molecule has 1 aliphatic heterocycles. The lowest BCUT2D eigenvalue weighted by Gasteiger charge is -2.44. The minimum atomic E-state index is -0.258. The Hall–Kier alpha value is -2.73. The number of nitrogens with zero attached hydrogens (tertiary/aromatic N) is 4. The van der Waals surface area contributed by atoms with Crippen molar-refractivity contribution in [1.82, 2.24) is 19.7 Å². The normalized spacial score (nSPS) is 19.4. The van der Waals surface area contributed by atoms with Gasteiger partial charge >= 0.3 is 0 Å². The Balaban J connectivity index is 1.84. The van der Waals surface area contributed by atoms with E-state index >= 15 is 0 Å². The number of hydrogen-bond acceptors (Lipinski definition) is 4. The fourth-order valence-electron chi connectivity index (χ4n) is 4.86. The molecule has 164 valence electrons. The molecule has 6 nitrogen and oxygen atoms in total. The van der Waals surface area contributed by atoms with Crippen molar-refractivity contribution in [3.63, 3.8) is 0 Å². The second kappa shape index (κ2) is 8.08. The summed E-state index contributed by atoms with van der Waals surface area (Å²) in [6.45, 7) is 10.9. The minimum Gasteiger partial charge on any atom is -0.375 e. The van der Waals surface area contributed by atoms with Gasteiger partial charge in [-0.2, -0.15) is 5.10 Å². The Morgan fingerprint density at radius 3 is 2.65 bits per heavy atom. The van der Waals surface area contributed by atoms with Crippen LogP contribution in [0.1, 0.15) is 67.0 Å². The van der Waals surface area contributed by atoms with Crippen LogP contribution in [-0.2, 0) is 11.8 Å². The van der Waals surface area contributed by atoms with E-state index in [0.29, 0.717) is 12.2 Å². The van der Waals surface area contributed by atoms with Crippen LogP contribution in [0.4, 0.5) is 0 Å². The highest BCUT2D eigenvalue weighted by atomic mass is 16.5. The van der Waals surface area contributed by atoms with E-state index in [1.54, 1.807) is 4.68 Å². The van der Waals surface area contributed by atoms with Gasteiger partial charge < -0.3 is 9.64 Å². The van der Waals surface area contributed by atoms with Crippen molar-refractivity contribution in [3.05, 3.63) is 58.9 Å². The molecule has 0 saturated carbocycles. The van der Waals surface area contributed by atoms with Crippen molar-refractivity contribution in [3.8, 4) is 0 Å². The summed E-state index contributed by atoms with van der Waals surface area (Å²) in [7, 11) is 1.88. The van der Waals surface area contributed by atoms with Gasteiger partial charge in [-0.25, -0.2) is 4.98 Å². The Labute approximate surface area is 184 Å². The number of fused-ring (bicyclic) bond motifs is 1. The average Bonchev–Trinajstić information content (AvgIpc) is 3.00. The van der Waals surface area contributed by atoms with Gasteiger partial charge in [0, 0.05) is 25.4 Å². The van der Waals surface area contributed by atoms with E-state index in [4.69, 9.17) is 4.74 Å². The van der Waals surface area contributed by atoms with E-state index in [2.05, 4.69) is 47.9 Å². The zero-order valence-corrected chi connectivity index (χ0v) is 19.3. The third-order valence-electron chi connectivity index (χ3n) is 6.33. The summed E-state index contributed by atoms with van der Waals surface area (Å²) in [6.07, 6.45) is 1.63. The summed E-state index contributed by atoms with van der Waals surface area (Å²) in [6, 6.07) is 12.2. The van der Waals surface area contributed by atoms with Crippen molar-refractivity contribution in [2.75, 3.05) is 6.61 Å². The smallest absolute Gasteiger partial charge is 0.255 e. The van der Waals surface area contributed by atoms with Crippen molar-refractivity contribution in [2.24, 2.45) is 7.05 Å². The lowest BCUT2D eigenvalue weighted by Crippen LogP contribution is -2.49. The number of pyridine rings is 1. The maximum absolute atomic E-state index is 14.2. The molecule has 1 aliphatic rings. The second-order valence-electron chi connectivity index (χ2n) is 9.27. The van der Waals surface area contributed by atoms with Gasteiger partial charge in [0.15, 0.2) is 5.65 Å². The number of aryl methyl sites for hydroxylation is 3. The van der Waals surface area contributed by atoms with Crippen LogP contribution in [0, 0.1) is 13.8 Å². The number of rotatable bonds is 4. The monoisotopic (exact) mass is 420 g/mol. The largest absolute Gasteiger partial charge is 0.375 e. The van der Waals surface area contributed by atoms with Crippen molar-refractivity contribution >= 4 is 16.9 Å². The predicted molar refractivity (Wildman–Crippen MR) is 122 cm³/mol. The molecule has 3 heterocycles. The van der Waals surface area contributed by atoms with Gasteiger partial charge in [-0.3, -0.25) is 9.48 Å². The molecule has 2 atom stereocenters. The number of ether oxygens (including phenoxy) is 1. The lowest BCUT2D eigenvalue weighted by molar-refractivity contribution is -0.0823. The molecule has 0 bridgehead atoms. The van der Waals surface area contributed by atoms with Crippen LogP contribution in [-0.4, -0.2) is 43.8 Å². The van der Waals surface area contributed by atoms with E-state index in [-0.39, 0.29) is 23.6 Å². The molecule has 1 saturated heterocycles. The summed E-state index contributed by atoms with van der Waals surface area (Å²) < 4.78 is 7.73. The van der Waals surface area contributed by atoms with Gasteiger partial charge in [0.1, 0.15) is 0 Å². The molecule has 0 N–H and O–H groups in total. The molecule has 3 aromatic rings. The maximum atomic E-state index is 14.2. The summed E-state index contributed by atoms with van der Waals surface area (Å²) in [5.74, 6) is 0.0330. The first-order valence-corrected chi connectivity index (χ1v) is 11.0. The fourth-order valence-corrected chi connectivity index (χ4v) is 4.86. The summed E-state index contributed by atoms with van der Waals surface area (Å²) in [4.78, 5) is 20.9. The van der Waals surface area contributed by atoms with E-state index in [1.165, 1.54) is 0 Å². The summed E-state index contributed by atoms with van der Waals surface area (Å²) in [5.41, 5.74) is 3.95. The van der Waals surface area contributed by atoms with Crippen LogP contribution >= 0.6 is 0 Å². The molecule has 2 unspecified atom stereocenters. The standard InChI is InChI=1S/C25H32N4O2/c1-16-14-21(22-17(2)27-28(6)23(22)26-16)24(30)29(18(3)19-10-8-7-9-11-19)20-12-13-31-25(4,5)15-20/h7-11,14,18,20H,12-13,15H2,1-6H3. The van der Waals surface area contributed by atoms with Crippen LogP contribution in [0.5, 0.6) is 0 Å². The average molecular weight is 421 g/mol. The topological polar surface area (TPSA) is 60.3 Å². The highest BCUT2D eigenvalue weighted by molar-refractivity contribution is 6.06. The molecule has 2 aromatic heterocycles. The van der Waals surface area contributed by atoms with Crippen LogP contribution in [0.3, 0.4) is 0 Å². The Morgan fingerprint density at radius 2 is 1.97 bits per heavy atom. The molecule has 0 radical (unpaired) electrons. The first kappa shape index (κ1) is 21.5. The van der Waals surface area contributed by atoms with Crippen LogP contribution in [0.15, 0.2) is 36.4 Å². The first-order chi connectivity index (χ1) is 14.7. The maximum Gasteiger partial charge on any atom is 0.255 e. The quantitative estimate of drug-likeness (QED) is 0.611. The molecule has 6 heteroatoms. The molecular weight excluding hydrogens is 388 g/mol. The van der Waals surface area contributed by atoms with Crippen LogP contribution in [0.2, 0.25) is 0 Å². The van der Waals surface area contributed by atoms with E-state index in [9.17, 15) is 4.79 Å². The summed E-state index contributed by atoms with van der Waals surface area (Å²) >= 11 is 0. The number of benzene rings is 1. The van der Waals surface area contributed by atoms with Crippen molar-refractivity contribution < 1.29 is 9.53 Å². The SMILES string of the molecule is Cc1cc(C(=O)N(C2CCOC(C)(C)C2)C(C)c2ccccc2)c2c(C)nn(C)c2n1. The number of hydrogen-bond donors (Lipinski definition) is 0. The van der Waals surface area contributed by atoms with Crippen molar-refractivity contribution in [2.45, 2.75) is 65.1 Å². The second-order valence-corrected chi connectivity index (χ2v) is 9.27. The van der Waals surface area contributed by atoms with Gasteiger partial charge in [-0.15, -0.1) is 0 Å². The number of amides is 1. The van der Waals surface area contributed by atoms with Gasteiger partial charge in [0.05, 0.1) is 28.3 Å². The summed E-state index contributed by atoms with van der Waals surface area (Å²) in [5, 5.41) is 5.38. The number of carbonyl (C=O) groups is 1. The van der Waals surface area contributed by atoms with E-state index in [1.807, 2.05) is 45.2 Å². The van der Waals surface area contributed by atoms with Crippen LogP contribution in [0.25, 0.3) is 11.0 Å². The van der Waals surface area contributed by atoms with Gasteiger partial charge in [-0.1, -0.05) is 30.3 Å². The van der Waals surface area contributed by atoms with Gasteiger partial charge in [0.2, 0.25) is 0 Å². The first-order valence-electron chi connectivity index (χ1n) is 11.0. The Kier molecular flexibility index (Phi) is 5.60. The van der Waals surface area contributed by atoms with E-state index in [0.717, 1.165) is 40.8 Å². The molecule has 31 heavy (non-hydrogen) atoms. The minimum absolute atomic E-state index is 0.0330. The third kappa shape index (κ3) is 4.09. The molecule has 0 spiro atoms. The van der Waals surface area contributed by atoms with Gasteiger partial charge in [-0.05, 0) is 59.1 Å². The van der Waals surface area contributed by atoms with Gasteiger partial charge in [0.25, 0.3) is 5.91 Å². The number of carbonyl (C=O) groups excluding carboxylic acids is 1. The van der Waals surface area contributed by atoms with Crippen LogP contribution < -0.4 is 0 Å². The molecule has 4 rings (SSSR count). The van der Waals surface area contributed by atoms with Crippen molar-refractivity contribution in [1.29, 1.82) is 0 Å². The molecule has 1 amide bonds. The zero-order valence-electron chi connectivity index (χ0n) is 19.3. The molecule has 0 aliphatic carbocycles. The highest BCUT2D eigenvalue weighted by Gasteiger charge is 2.38.